The number of hydrogen-bond donors (Lipinski definition) is 1. The van der Waals surface area contributed by atoms with E-state index in [4.69, 9.17) is 19.3 Å². The minimum Gasteiger partial charge on any atom is -0.396 e. The lowest BCUT2D eigenvalue weighted by Crippen LogP contribution is -2.46. The van der Waals surface area contributed by atoms with E-state index in [-0.39, 0.29) is 18.8 Å². The molecule has 0 saturated carbocycles. The van der Waals surface area contributed by atoms with Gasteiger partial charge in [-0.15, -0.1) is 0 Å². The predicted molar refractivity (Wildman–Crippen MR) is 90.0 cm³/mol. The van der Waals surface area contributed by atoms with Crippen LogP contribution < -0.4 is 0 Å². The molecule has 1 aromatic carbocycles. The van der Waals surface area contributed by atoms with Gasteiger partial charge in [0.25, 0.3) is 0 Å². The quantitative estimate of drug-likeness (QED) is 0.795. The number of benzene rings is 1. The van der Waals surface area contributed by atoms with E-state index in [0.717, 1.165) is 19.3 Å². The summed E-state index contributed by atoms with van der Waals surface area (Å²) in [5.41, 5.74) is 1.17. The van der Waals surface area contributed by atoms with Gasteiger partial charge >= 0.3 is 0 Å². The van der Waals surface area contributed by atoms with Crippen molar-refractivity contribution in [1.82, 2.24) is 0 Å². The molecule has 0 aromatic heterocycles. The first-order valence-electron chi connectivity index (χ1n) is 8.56. The van der Waals surface area contributed by atoms with Gasteiger partial charge in [-0.05, 0) is 38.2 Å². The molecule has 130 valence electrons. The maximum absolute atomic E-state index is 9.16. The second kappa shape index (κ2) is 8.78. The molecule has 1 heterocycles. The Kier molecular flexibility index (Phi) is 7.03. The summed E-state index contributed by atoms with van der Waals surface area (Å²) in [6.45, 7) is 7.39. The molecule has 1 aliphatic heterocycles. The van der Waals surface area contributed by atoms with Crippen molar-refractivity contribution in [3.63, 3.8) is 0 Å². The molecule has 2 rings (SSSR count). The Hall–Kier alpha value is -0.940. The fourth-order valence-electron chi connectivity index (χ4n) is 2.94. The van der Waals surface area contributed by atoms with Crippen molar-refractivity contribution in [2.24, 2.45) is 5.92 Å². The van der Waals surface area contributed by atoms with Gasteiger partial charge in [0.2, 0.25) is 0 Å². The SMILES string of the molecule is C[C@@H](CO)CC[C@H]1C[C@@H](COCc2ccccc2)OC(C)(C)O1. The summed E-state index contributed by atoms with van der Waals surface area (Å²) in [6, 6.07) is 10.2. The van der Waals surface area contributed by atoms with E-state index >= 15 is 0 Å². The van der Waals surface area contributed by atoms with Gasteiger partial charge in [-0.2, -0.15) is 0 Å². The maximum Gasteiger partial charge on any atom is 0.163 e. The molecule has 0 unspecified atom stereocenters. The third-order valence-corrected chi connectivity index (χ3v) is 4.14. The standard InChI is InChI=1S/C19H30O4/c1-15(12-20)9-10-17-11-18(23-19(2,3)22-17)14-21-13-16-7-5-4-6-8-16/h4-8,15,17-18,20H,9-14H2,1-3H3/t15-,17+,18+/m1/s1. The third kappa shape index (κ3) is 6.60. The topological polar surface area (TPSA) is 47.9 Å². The van der Waals surface area contributed by atoms with Gasteiger partial charge in [0.05, 0.1) is 25.4 Å². The van der Waals surface area contributed by atoms with Crippen LogP contribution in [0.4, 0.5) is 0 Å². The molecule has 1 N–H and O–H groups in total. The van der Waals surface area contributed by atoms with Gasteiger partial charge in [0, 0.05) is 13.0 Å². The Bertz CT molecular complexity index is 446. The Morgan fingerprint density at radius 3 is 2.61 bits per heavy atom. The van der Waals surface area contributed by atoms with Crippen LogP contribution in [0.2, 0.25) is 0 Å². The maximum atomic E-state index is 9.16. The number of rotatable bonds is 8. The van der Waals surface area contributed by atoms with Crippen LogP contribution in [0.15, 0.2) is 30.3 Å². The van der Waals surface area contributed by atoms with Crippen LogP contribution in [-0.2, 0) is 20.8 Å². The molecule has 4 heteroatoms. The van der Waals surface area contributed by atoms with Crippen molar-refractivity contribution in [2.75, 3.05) is 13.2 Å². The van der Waals surface area contributed by atoms with Crippen molar-refractivity contribution in [1.29, 1.82) is 0 Å². The summed E-state index contributed by atoms with van der Waals surface area (Å²) in [7, 11) is 0. The zero-order valence-electron chi connectivity index (χ0n) is 14.5. The van der Waals surface area contributed by atoms with Crippen LogP contribution in [-0.4, -0.2) is 36.3 Å². The summed E-state index contributed by atoms with van der Waals surface area (Å²) in [5.74, 6) is -0.260. The Labute approximate surface area is 139 Å². The molecule has 0 radical (unpaired) electrons. The molecule has 4 nitrogen and oxygen atoms in total. The molecule has 0 spiro atoms. The molecule has 1 fully saturated rings. The molecule has 1 aliphatic rings. The van der Waals surface area contributed by atoms with E-state index in [1.807, 2.05) is 32.0 Å². The summed E-state index contributed by atoms with van der Waals surface area (Å²) < 4.78 is 17.8. The molecule has 3 atom stereocenters. The van der Waals surface area contributed by atoms with Crippen LogP contribution in [0, 0.1) is 5.92 Å². The average Bonchev–Trinajstić information content (AvgIpc) is 2.52. The number of ether oxygens (including phenoxy) is 3. The highest BCUT2D eigenvalue weighted by Gasteiger charge is 2.35. The predicted octanol–water partition coefficient (Wildman–Crippen LogP) is 3.52. The lowest BCUT2D eigenvalue weighted by molar-refractivity contribution is -0.307. The molecular weight excluding hydrogens is 292 g/mol. The largest absolute Gasteiger partial charge is 0.396 e. The van der Waals surface area contributed by atoms with Gasteiger partial charge in [-0.3, -0.25) is 0 Å². The monoisotopic (exact) mass is 322 g/mol. The first-order chi connectivity index (χ1) is 11.0. The second-order valence-corrected chi connectivity index (χ2v) is 6.98. The van der Waals surface area contributed by atoms with Crippen LogP contribution in [0.1, 0.15) is 45.6 Å². The molecule has 0 bridgehead atoms. The van der Waals surface area contributed by atoms with Crippen molar-refractivity contribution >= 4 is 0 Å². The lowest BCUT2D eigenvalue weighted by atomic mass is 9.99. The second-order valence-electron chi connectivity index (χ2n) is 6.98. The highest BCUT2D eigenvalue weighted by molar-refractivity contribution is 5.13. The Morgan fingerprint density at radius 1 is 1.22 bits per heavy atom. The van der Waals surface area contributed by atoms with E-state index in [1.54, 1.807) is 0 Å². The molecule has 1 saturated heterocycles. The van der Waals surface area contributed by atoms with Gasteiger partial charge in [0.1, 0.15) is 0 Å². The summed E-state index contributed by atoms with van der Waals surface area (Å²) >= 11 is 0. The highest BCUT2D eigenvalue weighted by Crippen LogP contribution is 2.30. The van der Waals surface area contributed by atoms with Gasteiger partial charge in [-0.1, -0.05) is 37.3 Å². The summed E-state index contributed by atoms with van der Waals surface area (Å²) in [5, 5.41) is 9.16. The van der Waals surface area contributed by atoms with Crippen molar-refractivity contribution in [2.45, 2.75) is 64.6 Å². The van der Waals surface area contributed by atoms with Crippen molar-refractivity contribution in [3.05, 3.63) is 35.9 Å². The summed E-state index contributed by atoms with van der Waals surface area (Å²) in [6.07, 6.45) is 2.98. The fourth-order valence-corrected chi connectivity index (χ4v) is 2.94. The Balaban J connectivity index is 1.78. The lowest BCUT2D eigenvalue weighted by Gasteiger charge is -2.41. The Morgan fingerprint density at radius 2 is 1.91 bits per heavy atom. The number of aliphatic hydroxyl groups excluding tert-OH is 1. The van der Waals surface area contributed by atoms with Gasteiger partial charge in [0.15, 0.2) is 5.79 Å². The first-order valence-corrected chi connectivity index (χ1v) is 8.56. The van der Waals surface area contributed by atoms with E-state index in [1.165, 1.54) is 5.56 Å². The van der Waals surface area contributed by atoms with E-state index in [9.17, 15) is 0 Å². The normalized spacial score (nSPS) is 25.2. The van der Waals surface area contributed by atoms with Crippen LogP contribution in [0.3, 0.4) is 0 Å². The van der Waals surface area contributed by atoms with E-state index in [2.05, 4.69) is 19.1 Å². The molecule has 0 aliphatic carbocycles. The van der Waals surface area contributed by atoms with E-state index < -0.39 is 5.79 Å². The molecular formula is C19H30O4. The van der Waals surface area contributed by atoms with Crippen LogP contribution in [0.25, 0.3) is 0 Å². The minimum atomic E-state index is -0.577. The fraction of sp³-hybridized carbons (Fsp3) is 0.684. The number of aliphatic hydroxyl groups is 1. The zero-order chi connectivity index (χ0) is 16.7. The highest BCUT2D eigenvalue weighted by atomic mass is 16.7. The summed E-state index contributed by atoms with van der Waals surface area (Å²) in [4.78, 5) is 0. The van der Waals surface area contributed by atoms with Gasteiger partial charge in [-0.25, -0.2) is 0 Å². The van der Waals surface area contributed by atoms with Crippen molar-refractivity contribution < 1.29 is 19.3 Å². The minimum absolute atomic E-state index is 0.0527. The zero-order valence-corrected chi connectivity index (χ0v) is 14.5. The van der Waals surface area contributed by atoms with Crippen LogP contribution in [0.5, 0.6) is 0 Å². The molecule has 23 heavy (non-hydrogen) atoms. The van der Waals surface area contributed by atoms with E-state index in [0.29, 0.717) is 19.1 Å². The third-order valence-electron chi connectivity index (χ3n) is 4.14. The smallest absolute Gasteiger partial charge is 0.163 e. The van der Waals surface area contributed by atoms with Crippen molar-refractivity contribution in [3.8, 4) is 0 Å². The number of hydrogen-bond acceptors (Lipinski definition) is 4. The average molecular weight is 322 g/mol. The molecule has 1 aromatic rings. The first kappa shape index (κ1) is 18.4. The van der Waals surface area contributed by atoms with Gasteiger partial charge < -0.3 is 19.3 Å². The van der Waals surface area contributed by atoms with Crippen LogP contribution >= 0.6 is 0 Å². The molecule has 0 amide bonds.